The van der Waals surface area contributed by atoms with Crippen LogP contribution in [0.25, 0.3) is 0 Å². The maximum Gasteiger partial charge on any atom is 0.129 e. The molecule has 12 heavy (non-hydrogen) atoms. The standard InChI is InChI=1S/C11H14O/c1-2-11-6-8-3-9(7-11)5-10(4-8)12-11/h1,8-10H,3-7H2. The van der Waals surface area contributed by atoms with Gasteiger partial charge in [-0.1, -0.05) is 5.92 Å². The van der Waals surface area contributed by atoms with E-state index in [4.69, 9.17) is 11.2 Å². The van der Waals surface area contributed by atoms with E-state index in [9.17, 15) is 0 Å². The highest BCUT2D eigenvalue weighted by Crippen LogP contribution is 2.52. The van der Waals surface area contributed by atoms with E-state index in [2.05, 4.69) is 5.92 Å². The summed E-state index contributed by atoms with van der Waals surface area (Å²) in [5.41, 5.74) is -0.130. The molecule has 0 radical (unpaired) electrons. The molecule has 1 heteroatoms. The SMILES string of the molecule is C#CC12CC3CC(CC(C3)O1)C2. The van der Waals surface area contributed by atoms with Crippen molar-refractivity contribution in [1.82, 2.24) is 0 Å². The highest BCUT2D eigenvalue weighted by Gasteiger charge is 2.51. The number of hydrogen-bond donors (Lipinski definition) is 0. The van der Waals surface area contributed by atoms with Crippen molar-refractivity contribution in [2.24, 2.45) is 11.8 Å². The van der Waals surface area contributed by atoms with Gasteiger partial charge in [0.25, 0.3) is 0 Å². The Hall–Kier alpha value is -0.480. The van der Waals surface area contributed by atoms with Crippen LogP contribution in [0.15, 0.2) is 0 Å². The van der Waals surface area contributed by atoms with Gasteiger partial charge in [-0.15, -0.1) is 6.42 Å². The van der Waals surface area contributed by atoms with E-state index >= 15 is 0 Å². The largest absolute Gasteiger partial charge is 0.359 e. The van der Waals surface area contributed by atoms with Gasteiger partial charge in [0.1, 0.15) is 5.60 Å². The number of rotatable bonds is 0. The molecule has 0 amide bonds. The summed E-state index contributed by atoms with van der Waals surface area (Å²) in [6, 6.07) is 0. The summed E-state index contributed by atoms with van der Waals surface area (Å²) in [7, 11) is 0. The number of terminal acetylenes is 1. The third kappa shape index (κ3) is 0.793. The Bertz CT molecular complexity index is 213. The monoisotopic (exact) mass is 162 g/mol. The molecule has 1 nitrogen and oxygen atoms in total. The summed E-state index contributed by atoms with van der Waals surface area (Å²) in [5, 5.41) is 0. The number of hydrogen-bond acceptors (Lipinski definition) is 1. The van der Waals surface area contributed by atoms with E-state index in [0.29, 0.717) is 6.10 Å². The van der Waals surface area contributed by atoms with Crippen LogP contribution in [0.3, 0.4) is 0 Å². The van der Waals surface area contributed by atoms with Crippen LogP contribution in [0.2, 0.25) is 0 Å². The molecule has 0 aromatic carbocycles. The van der Waals surface area contributed by atoms with E-state index in [1.165, 1.54) is 19.3 Å². The van der Waals surface area contributed by atoms with Crippen molar-refractivity contribution >= 4 is 0 Å². The summed E-state index contributed by atoms with van der Waals surface area (Å²) in [4.78, 5) is 0. The number of ether oxygens (including phenoxy) is 1. The van der Waals surface area contributed by atoms with Crippen LogP contribution in [-0.4, -0.2) is 11.7 Å². The van der Waals surface area contributed by atoms with Crippen molar-refractivity contribution in [2.45, 2.75) is 43.8 Å². The highest BCUT2D eigenvalue weighted by atomic mass is 16.5. The third-order valence-corrected chi connectivity index (χ3v) is 3.75. The molecule has 2 saturated heterocycles. The third-order valence-electron chi connectivity index (χ3n) is 3.75. The topological polar surface area (TPSA) is 9.23 Å². The van der Waals surface area contributed by atoms with Crippen molar-refractivity contribution in [2.75, 3.05) is 0 Å². The van der Waals surface area contributed by atoms with Gasteiger partial charge in [0, 0.05) is 0 Å². The summed E-state index contributed by atoms with van der Waals surface area (Å²) in [5.74, 6) is 4.65. The molecule has 2 atom stereocenters. The molecule has 4 fully saturated rings. The average Bonchev–Trinajstić information content (AvgIpc) is 2.02. The molecular formula is C11H14O. The van der Waals surface area contributed by atoms with E-state index in [1.807, 2.05) is 0 Å². The zero-order valence-electron chi connectivity index (χ0n) is 7.25. The first-order chi connectivity index (χ1) is 5.80. The second-order valence-corrected chi connectivity index (χ2v) is 4.73. The van der Waals surface area contributed by atoms with Gasteiger partial charge in [0.2, 0.25) is 0 Å². The molecule has 2 heterocycles. The molecule has 0 aromatic rings. The lowest BCUT2D eigenvalue weighted by Gasteiger charge is -2.54. The lowest BCUT2D eigenvalue weighted by Crippen LogP contribution is -2.53. The van der Waals surface area contributed by atoms with Gasteiger partial charge >= 0.3 is 0 Å². The second-order valence-electron chi connectivity index (χ2n) is 4.73. The fourth-order valence-electron chi connectivity index (χ4n) is 3.52. The lowest BCUT2D eigenvalue weighted by molar-refractivity contribution is -0.191. The zero-order valence-corrected chi connectivity index (χ0v) is 7.25. The van der Waals surface area contributed by atoms with Crippen LogP contribution in [0.4, 0.5) is 0 Å². The Morgan fingerprint density at radius 2 is 1.83 bits per heavy atom. The van der Waals surface area contributed by atoms with Crippen LogP contribution >= 0.6 is 0 Å². The van der Waals surface area contributed by atoms with Gasteiger partial charge in [-0.25, -0.2) is 0 Å². The molecule has 64 valence electrons. The van der Waals surface area contributed by atoms with Crippen LogP contribution in [-0.2, 0) is 4.74 Å². The van der Waals surface area contributed by atoms with Gasteiger partial charge in [0.15, 0.2) is 0 Å². The van der Waals surface area contributed by atoms with Gasteiger partial charge in [-0.05, 0) is 43.9 Å². The van der Waals surface area contributed by atoms with Crippen LogP contribution in [0.1, 0.15) is 32.1 Å². The molecule has 4 bridgehead atoms. The molecule has 0 N–H and O–H groups in total. The van der Waals surface area contributed by atoms with E-state index in [1.54, 1.807) is 0 Å². The van der Waals surface area contributed by atoms with Crippen molar-refractivity contribution in [3.63, 3.8) is 0 Å². The fraction of sp³-hybridized carbons (Fsp3) is 0.818. The Labute approximate surface area is 73.5 Å². The molecule has 2 unspecified atom stereocenters. The van der Waals surface area contributed by atoms with Crippen molar-refractivity contribution in [1.29, 1.82) is 0 Å². The first-order valence-corrected chi connectivity index (χ1v) is 4.95. The summed E-state index contributed by atoms with van der Waals surface area (Å²) in [6.07, 6.45) is 12.3. The minimum absolute atomic E-state index is 0.130. The Morgan fingerprint density at radius 1 is 1.17 bits per heavy atom. The maximum atomic E-state index is 5.92. The van der Waals surface area contributed by atoms with Gasteiger partial charge in [-0.2, -0.15) is 0 Å². The predicted octanol–water partition coefficient (Wildman–Crippen LogP) is 1.97. The van der Waals surface area contributed by atoms with Gasteiger partial charge in [0.05, 0.1) is 6.10 Å². The first kappa shape index (κ1) is 6.97. The normalized spacial score (nSPS) is 55.4. The minimum atomic E-state index is -0.130. The van der Waals surface area contributed by atoms with Crippen molar-refractivity contribution in [3.8, 4) is 12.3 Å². The van der Waals surface area contributed by atoms with Gasteiger partial charge in [-0.3, -0.25) is 0 Å². The highest BCUT2D eigenvalue weighted by molar-refractivity contribution is 5.16. The average molecular weight is 162 g/mol. The molecule has 0 aromatic heterocycles. The van der Waals surface area contributed by atoms with Crippen molar-refractivity contribution in [3.05, 3.63) is 0 Å². The quantitative estimate of drug-likeness (QED) is 0.495. The van der Waals surface area contributed by atoms with E-state index in [0.717, 1.165) is 24.7 Å². The molecule has 2 aliphatic carbocycles. The Morgan fingerprint density at radius 3 is 2.33 bits per heavy atom. The van der Waals surface area contributed by atoms with E-state index in [-0.39, 0.29) is 5.60 Å². The van der Waals surface area contributed by atoms with Crippen LogP contribution in [0, 0.1) is 24.2 Å². The first-order valence-electron chi connectivity index (χ1n) is 4.95. The fourth-order valence-corrected chi connectivity index (χ4v) is 3.52. The zero-order chi connectivity index (χ0) is 8.18. The maximum absolute atomic E-state index is 5.92. The molecule has 0 spiro atoms. The minimum Gasteiger partial charge on any atom is -0.359 e. The van der Waals surface area contributed by atoms with Crippen molar-refractivity contribution < 1.29 is 4.74 Å². The molecule has 2 aliphatic heterocycles. The predicted molar refractivity (Wildman–Crippen MR) is 46.5 cm³/mol. The second kappa shape index (κ2) is 2.06. The van der Waals surface area contributed by atoms with Gasteiger partial charge < -0.3 is 4.74 Å². The smallest absolute Gasteiger partial charge is 0.129 e. The lowest BCUT2D eigenvalue weighted by atomic mass is 9.62. The van der Waals surface area contributed by atoms with E-state index < -0.39 is 0 Å². The molecule has 2 saturated carbocycles. The Kier molecular flexibility index (Phi) is 1.20. The Balaban J connectivity index is 1.97. The molecular weight excluding hydrogens is 148 g/mol. The molecule has 4 rings (SSSR count). The molecule has 4 aliphatic rings. The van der Waals surface area contributed by atoms with Crippen LogP contribution in [0.5, 0.6) is 0 Å². The summed E-state index contributed by atoms with van der Waals surface area (Å²) < 4.78 is 5.92. The summed E-state index contributed by atoms with van der Waals surface area (Å²) >= 11 is 0. The van der Waals surface area contributed by atoms with Crippen LogP contribution < -0.4 is 0 Å². The summed E-state index contributed by atoms with van der Waals surface area (Å²) in [6.45, 7) is 0.